The molecule has 2 unspecified atom stereocenters. The summed E-state index contributed by atoms with van der Waals surface area (Å²) in [5, 5.41) is 6.61. The summed E-state index contributed by atoms with van der Waals surface area (Å²) in [5.41, 5.74) is 4.07. The van der Waals surface area contributed by atoms with Crippen LogP contribution in [0, 0.1) is 0 Å². The van der Waals surface area contributed by atoms with Crippen molar-refractivity contribution >= 4 is 52.3 Å². The highest BCUT2D eigenvalue weighted by Gasteiger charge is 2.35. The van der Waals surface area contributed by atoms with Gasteiger partial charge in [0.05, 0.1) is 21.8 Å². The van der Waals surface area contributed by atoms with Crippen LogP contribution < -0.4 is 20.3 Å². The Bertz CT molecular complexity index is 1460. The van der Waals surface area contributed by atoms with Gasteiger partial charge in [-0.25, -0.2) is 0 Å². The van der Waals surface area contributed by atoms with Gasteiger partial charge in [0, 0.05) is 25.2 Å². The van der Waals surface area contributed by atoms with Gasteiger partial charge < -0.3 is 20.3 Å². The summed E-state index contributed by atoms with van der Waals surface area (Å²) in [6, 6.07) is 17.8. The van der Waals surface area contributed by atoms with Gasteiger partial charge in [-0.1, -0.05) is 59.6 Å². The minimum Gasteiger partial charge on any atom is -0.482 e. The van der Waals surface area contributed by atoms with Crippen LogP contribution >= 0.6 is 23.2 Å². The van der Waals surface area contributed by atoms with Gasteiger partial charge >= 0.3 is 0 Å². The van der Waals surface area contributed by atoms with Crippen LogP contribution in [0.25, 0.3) is 11.1 Å². The van der Waals surface area contributed by atoms with E-state index in [1.165, 1.54) is 11.8 Å². The molecule has 2 aliphatic rings. The summed E-state index contributed by atoms with van der Waals surface area (Å²) in [4.78, 5) is 41.8. The second-order valence-electron chi connectivity index (χ2n) is 10.4. The standard InChI is InChI=1S/C31H32Cl2N4O4/c1-19(37-28-15-25(32)26(33)16-29(28)41-18-30(37)39)31(40)35-27(17-36-12-3-4-13-36)22-10-8-21(9-11-22)23-6-5-7-24(14-23)34-20(2)38/h5-11,14-16,19,27H,3-4,12-13,17-18H2,1-2H3,(H,34,38)(H,35,40). The van der Waals surface area contributed by atoms with Crippen molar-refractivity contribution < 1.29 is 19.1 Å². The Labute approximate surface area is 249 Å². The van der Waals surface area contributed by atoms with Gasteiger partial charge in [0.1, 0.15) is 11.8 Å². The number of nitrogens with zero attached hydrogens (tertiary/aromatic N) is 2. The fourth-order valence-corrected chi connectivity index (χ4v) is 5.66. The molecule has 0 bridgehead atoms. The fraction of sp³-hybridized carbons (Fsp3) is 0.323. The Morgan fingerprint density at radius 2 is 1.68 bits per heavy atom. The second kappa shape index (κ2) is 12.5. The van der Waals surface area contributed by atoms with Crippen molar-refractivity contribution in [3.05, 3.63) is 76.3 Å². The van der Waals surface area contributed by atoms with Crippen molar-refractivity contribution in [3.8, 4) is 16.9 Å². The Balaban J connectivity index is 1.37. The monoisotopic (exact) mass is 594 g/mol. The lowest BCUT2D eigenvalue weighted by molar-refractivity contribution is -0.128. The first kappa shape index (κ1) is 28.9. The molecule has 10 heteroatoms. The molecule has 0 radical (unpaired) electrons. The third-order valence-corrected chi connectivity index (χ3v) is 8.16. The molecule has 214 valence electrons. The lowest BCUT2D eigenvalue weighted by atomic mass is 9.99. The number of likely N-dealkylation sites (tertiary alicyclic amines) is 1. The SMILES string of the molecule is CC(=O)Nc1cccc(-c2ccc(C(CN3CCCC3)NC(=O)C(C)N3C(=O)COc4cc(Cl)c(Cl)cc43)cc2)c1. The number of halogens is 2. The number of benzene rings is 3. The predicted octanol–water partition coefficient (Wildman–Crippen LogP) is 5.69. The highest BCUT2D eigenvalue weighted by molar-refractivity contribution is 6.42. The van der Waals surface area contributed by atoms with E-state index in [9.17, 15) is 14.4 Å². The van der Waals surface area contributed by atoms with E-state index < -0.39 is 6.04 Å². The van der Waals surface area contributed by atoms with Gasteiger partial charge in [-0.2, -0.15) is 0 Å². The van der Waals surface area contributed by atoms with Gasteiger partial charge in [0.2, 0.25) is 11.8 Å². The van der Waals surface area contributed by atoms with E-state index >= 15 is 0 Å². The predicted molar refractivity (Wildman–Crippen MR) is 162 cm³/mol. The highest BCUT2D eigenvalue weighted by atomic mass is 35.5. The lowest BCUT2D eigenvalue weighted by Crippen LogP contribution is -2.52. The first-order valence-corrected chi connectivity index (χ1v) is 14.4. The van der Waals surface area contributed by atoms with Crippen LogP contribution in [0.3, 0.4) is 0 Å². The molecule has 5 rings (SSSR count). The topological polar surface area (TPSA) is 91.0 Å². The minimum absolute atomic E-state index is 0.124. The summed E-state index contributed by atoms with van der Waals surface area (Å²) in [6.45, 7) is 5.60. The van der Waals surface area contributed by atoms with Crippen LogP contribution in [0.2, 0.25) is 10.0 Å². The third-order valence-electron chi connectivity index (χ3n) is 7.43. The molecule has 2 N–H and O–H groups in total. The summed E-state index contributed by atoms with van der Waals surface area (Å²) in [7, 11) is 0. The first-order valence-electron chi connectivity index (χ1n) is 13.6. The molecule has 2 atom stereocenters. The molecule has 3 aromatic carbocycles. The van der Waals surface area contributed by atoms with Gasteiger partial charge in [-0.15, -0.1) is 0 Å². The Hall–Kier alpha value is -3.59. The number of amides is 3. The van der Waals surface area contributed by atoms with E-state index in [0.29, 0.717) is 23.0 Å². The van der Waals surface area contributed by atoms with Crippen LogP contribution in [0.5, 0.6) is 5.75 Å². The quantitative estimate of drug-likeness (QED) is 0.350. The smallest absolute Gasteiger partial charge is 0.265 e. The lowest BCUT2D eigenvalue weighted by Gasteiger charge is -2.34. The Kier molecular flexibility index (Phi) is 8.82. The molecule has 0 saturated carbocycles. The van der Waals surface area contributed by atoms with Crippen LogP contribution in [0.15, 0.2) is 60.7 Å². The molecule has 3 amide bonds. The van der Waals surface area contributed by atoms with Gasteiger partial charge in [0.25, 0.3) is 5.91 Å². The second-order valence-corrected chi connectivity index (χ2v) is 11.2. The number of hydrogen-bond acceptors (Lipinski definition) is 5. The average Bonchev–Trinajstić information content (AvgIpc) is 3.46. The van der Waals surface area contributed by atoms with Crippen molar-refractivity contribution in [1.82, 2.24) is 10.2 Å². The normalized spacial score (nSPS) is 16.5. The number of carbonyl (C=O) groups excluding carboxylic acids is 3. The number of rotatable bonds is 8. The zero-order chi connectivity index (χ0) is 29.1. The molecule has 41 heavy (non-hydrogen) atoms. The number of anilines is 2. The van der Waals surface area contributed by atoms with E-state index in [1.807, 2.05) is 48.5 Å². The van der Waals surface area contributed by atoms with Crippen molar-refractivity contribution in [3.63, 3.8) is 0 Å². The highest BCUT2D eigenvalue weighted by Crippen LogP contribution is 2.39. The number of ether oxygens (including phenoxy) is 1. The van der Waals surface area contributed by atoms with Gasteiger partial charge in [0.15, 0.2) is 6.61 Å². The zero-order valence-electron chi connectivity index (χ0n) is 23.0. The molecule has 0 aromatic heterocycles. The molecule has 1 fully saturated rings. The van der Waals surface area contributed by atoms with E-state index in [1.54, 1.807) is 19.1 Å². The van der Waals surface area contributed by atoms with E-state index in [2.05, 4.69) is 15.5 Å². The molecule has 3 aromatic rings. The van der Waals surface area contributed by atoms with Crippen LogP contribution in [-0.2, 0) is 14.4 Å². The molecular formula is C31H32Cl2N4O4. The summed E-state index contributed by atoms with van der Waals surface area (Å²) < 4.78 is 5.55. The van der Waals surface area contributed by atoms with Gasteiger partial charge in [-0.05, 0) is 67.7 Å². The number of nitrogens with one attached hydrogen (secondary N) is 2. The number of hydrogen-bond donors (Lipinski definition) is 2. The van der Waals surface area contributed by atoms with Crippen molar-refractivity contribution in [2.24, 2.45) is 0 Å². The molecular weight excluding hydrogens is 563 g/mol. The molecule has 0 aliphatic carbocycles. The summed E-state index contributed by atoms with van der Waals surface area (Å²) in [6.07, 6.45) is 2.26. The Morgan fingerprint density at radius 1 is 0.976 bits per heavy atom. The number of fused-ring (bicyclic) bond motifs is 1. The summed E-state index contributed by atoms with van der Waals surface area (Å²) >= 11 is 12.4. The van der Waals surface area contributed by atoms with Crippen LogP contribution in [0.4, 0.5) is 11.4 Å². The first-order chi connectivity index (χ1) is 19.7. The number of carbonyl (C=O) groups is 3. The maximum atomic E-state index is 13.7. The largest absolute Gasteiger partial charge is 0.482 e. The van der Waals surface area contributed by atoms with E-state index in [4.69, 9.17) is 27.9 Å². The van der Waals surface area contributed by atoms with Crippen molar-refractivity contribution in [2.75, 3.05) is 36.5 Å². The molecule has 1 saturated heterocycles. The summed E-state index contributed by atoms with van der Waals surface area (Å²) in [5.74, 6) is -0.333. The van der Waals surface area contributed by atoms with Crippen LogP contribution in [-0.4, -0.2) is 54.9 Å². The fourth-order valence-electron chi connectivity index (χ4n) is 5.34. The van der Waals surface area contributed by atoms with E-state index in [0.717, 1.165) is 48.3 Å². The third kappa shape index (κ3) is 6.67. The Morgan fingerprint density at radius 3 is 2.39 bits per heavy atom. The van der Waals surface area contributed by atoms with Crippen molar-refractivity contribution in [1.29, 1.82) is 0 Å². The molecule has 2 aliphatic heterocycles. The zero-order valence-corrected chi connectivity index (χ0v) is 24.5. The van der Waals surface area contributed by atoms with Crippen molar-refractivity contribution in [2.45, 2.75) is 38.8 Å². The molecule has 0 spiro atoms. The average molecular weight is 596 g/mol. The minimum atomic E-state index is -0.806. The van der Waals surface area contributed by atoms with E-state index in [-0.39, 0.29) is 35.4 Å². The van der Waals surface area contributed by atoms with Gasteiger partial charge in [-0.3, -0.25) is 19.3 Å². The molecule has 2 heterocycles. The maximum Gasteiger partial charge on any atom is 0.265 e. The van der Waals surface area contributed by atoms with Crippen LogP contribution in [0.1, 0.15) is 38.3 Å². The molecule has 8 nitrogen and oxygen atoms in total. The maximum absolute atomic E-state index is 13.7.